The van der Waals surface area contributed by atoms with E-state index in [0.717, 1.165) is 13.0 Å². The fourth-order valence-corrected chi connectivity index (χ4v) is 1.44. The van der Waals surface area contributed by atoms with Gasteiger partial charge >= 0.3 is 0 Å². The maximum atomic E-state index is 10.6. The molecule has 1 N–H and O–H groups in total. The predicted octanol–water partition coefficient (Wildman–Crippen LogP) is 2.19. The van der Waals surface area contributed by atoms with Crippen molar-refractivity contribution in [3.63, 3.8) is 0 Å². The van der Waals surface area contributed by atoms with Crippen molar-refractivity contribution in [1.82, 2.24) is 5.32 Å². The van der Waals surface area contributed by atoms with Crippen molar-refractivity contribution in [1.29, 1.82) is 0 Å². The molecule has 1 atom stereocenters. The van der Waals surface area contributed by atoms with E-state index >= 15 is 0 Å². The first-order chi connectivity index (χ1) is 5.31. The molecule has 0 aromatic rings. The number of nitrogens with one attached hydrogen (secondary N) is 1. The topological polar surface area (TPSA) is 29.1 Å². The third-order valence-electron chi connectivity index (χ3n) is 1.66. The van der Waals surface area contributed by atoms with Crippen LogP contribution in [0.3, 0.4) is 0 Å². The Morgan fingerprint density at radius 3 is 2.25 bits per heavy atom. The van der Waals surface area contributed by atoms with Crippen LogP contribution in [0.25, 0.3) is 0 Å². The highest BCUT2D eigenvalue weighted by molar-refractivity contribution is 5.72. The first-order valence-electron chi connectivity index (χ1n) is 4.56. The summed E-state index contributed by atoms with van der Waals surface area (Å²) in [5, 5.41) is 2.83. The molecule has 0 spiro atoms. The van der Waals surface area contributed by atoms with E-state index in [4.69, 9.17) is 0 Å². The van der Waals surface area contributed by atoms with Crippen molar-refractivity contribution in [2.75, 3.05) is 6.54 Å². The lowest BCUT2D eigenvalue weighted by atomic mass is 9.85. The van der Waals surface area contributed by atoms with Gasteiger partial charge in [0.15, 0.2) is 0 Å². The van der Waals surface area contributed by atoms with Crippen LogP contribution in [0, 0.1) is 11.3 Å². The van der Waals surface area contributed by atoms with Gasteiger partial charge in [0.1, 0.15) is 0 Å². The molecule has 2 nitrogen and oxygen atoms in total. The molecule has 0 fully saturated rings. The average molecular weight is 171 g/mol. The normalized spacial score (nSPS) is 14.1. The summed E-state index contributed by atoms with van der Waals surface area (Å²) in [4.78, 5) is 10.6. The van der Waals surface area contributed by atoms with Crippen molar-refractivity contribution in [3.8, 4) is 0 Å². The summed E-state index contributed by atoms with van der Waals surface area (Å²) in [6.45, 7) is 11.2. The Balaban J connectivity index is 3.60. The van der Waals surface area contributed by atoms with Crippen LogP contribution in [-0.4, -0.2) is 12.5 Å². The van der Waals surface area contributed by atoms with Crippen molar-refractivity contribution >= 4 is 5.91 Å². The first kappa shape index (κ1) is 11.5. The van der Waals surface area contributed by atoms with Gasteiger partial charge in [-0.25, -0.2) is 0 Å². The Morgan fingerprint density at radius 1 is 1.42 bits per heavy atom. The van der Waals surface area contributed by atoms with Crippen LogP contribution >= 0.6 is 0 Å². The number of carbonyl (C=O) groups excluding carboxylic acids is 1. The summed E-state index contributed by atoms with van der Waals surface area (Å²) in [6.07, 6.45) is 1.15. The molecule has 0 aliphatic rings. The van der Waals surface area contributed by atoms with Crippen LogP contribution in [0.4, 0.5) is 0 Å². The van der Waals surface area contributed by atoms with Crippen LogP contribution in [-0.2, 0) is 4.79 Å². The minimum Gasteiger partial charge on any atom is -0.356 e. The molecule has 0 heterocycles. The summed E-state index contributed by atoms with van der Waals surface area (Å²) >= 11 is 0. The molecule has 0 saturated carbocycles. The van der Waals surface area contributed by atoms with Gasteiger partial charge in [0.2, 0.25) is 5.91 Å². The Morgan fingerprint density at radius 2 is 1.92 bits per heavy atom. The second-order valence-electron chi connectivity index (χ2n) is 4.81. The van der Waals surface area contributed by atoms with Crippen molar-refractivity contribution in [3.05, 3.63) is 0 Å². The Hall–Kier alpha value is -0.530. The molecule has 0 saturated heterocycles. The van der Waals surface area contributed by atoms with E-state index in [0.29, 0.717) is 11.3 Å². The maximum Gasteiger partial charge on any atom is 0.216 e. The first-order valence-corrected chi connectivity index (χ1v) is 4.56. The van der Waals surface area contributed by atoms with Crippen molar-refractivity contribution < 1.29 is 4.79 Å². The lowest BCUT2D eigenvalue weighted by Crippen LogP contribution is -2.27. The highest BCUT2D eigenvalue weighted by Gasteiger charge is 2.14. The van der Waals surface area contributed by atoms with Crippen LogP contribution in [0.15, 0.2) is 0 Å². The molecule has 12 heavy (non-hydrogen) atoms. The highest BCUT2D eigenvalue weighted by Crippen LogP contribution is 2.23. The molecular weight excluding hydrogens is 150 g/mol. The van der Waals surface area contributed by atoms with Crippen molar-refractivity contribution in [2.45, 2.75) is 41.0 Å². The van der Waals surface area contributed by atoms with E-state index in [-0.39, 0.29) is 5.91 Å². The lowest BCUT2D eigenvalue weighted by Gasteiger charge is -2.23. The predicted molar refractivity (Wildman–Crippen MR) is 51.9 cm³/mol. The van der Waals surface area contributed by atoms with E-state index in [1.807, 2.05) is 0 Å². The lowest BCUT2D eigenvalue weighted by molar-refractivity contribution is -0.119. The third-order valence-corrected chi connectivity index (χ3v) is 1.66. The number of hydrogen-bond acceptors (Lipinski definition) is 1. The summed E-state index contributed by atoms with van der Waals surface area (Å²) in [5.74, 6) is 0.629. The molecule has 2 heteroatoms. The van der Waals surface area contributed by atoms with Gasteiger partial charge in [-0.05, 0) is 17.8 Å². The monoisotopic (exact) mass is 171 g/mol. The molecule has 0 rings (SSSR count). The van der Waals surface area contributed by atoms with Crippen LogP contribution in [0.1, 0.15) is 41.0 Å². The molecule has 0 radical (unpaired) electrons. The van der Waals surface area contributed by atoms with Crippen LogP contribution < -0.4 is 5.32 Å². The third kappa shape index (κ3) is 7.58. The SMILES string of the molecule is CC(=O)NCC(C)CC(C)(C)C. The van der Waals surface area contributed by atoms with Crippen LogP contribution in [0.2, 0.25) is 0 Å². The second kappa shape index (κ2) is 4.48. The number of carbonyl (C=O) groups is 1. The molecule has 0 bridgehead atoms. The van der Waals surface area contributed by atoms with Gasteiger partial charge in [0, 0.05) is 13.5 Å². The van der Waals surface area contributed by atoms with E-state index in [2.05, 4.69) is 33.0 Å². The van der Waals surface area contributed by atoms with Crippen molar-refractivity contribution in [2.24, 2.45) is 11.3 Å². The summed E-state index contributed by atoms with van der Waals surface area (Å²) < 4.78 is 0. The maximum absolute atomic E-state index is 10.6. The molecular formula is C10H21NO. The molecule has 72 valence electrons. The van der Waals surface area contributed by atoms with Gasteiger partial charge in [-0.15, -0.1) is 0 Å². The van der Waals surface area contributed by atoms with Gasteiger partial charge in [-0.3, -0.25) is 4.79 Å². The molecule has 1 amide bonds. The second-order valence-corrected chi connectivity index (χ2v) is 4.81. The number of hydrogen-bond donors (Lipinski definition) is 1. The highest BCUT2D eigenvalue weighted by atomic mass is 16.1. The largest absolute Gasteiger partial charge is 0.356 e. The Kier molecular flexibility index (Phi) is 4.29. The smallest absolute Gasteiger partial charge is 0.216 e. The Labute approximate surface area is 75.7 Å². The quantitative estimate of drug-likeness (QED) is 0.693. The molecule has 1 unspecified atom stereocenters. The van der Waals surface area contributed by atoms with E-state index in [1.54, 1.807) is 6.92 Å². The zero-order valence-electron chi connectivity index (χ0n) is 8.90. The van der Waals surface area contributed by atoms with Gasteiger partial charge < -0.3 is 5.32 Å². The van der Waals surface area contributed by atoms with E-state index in [9.17, 15) is 4.79 Å². The summed E-state index contributed by atoms with van der Waals surface area (Å²) in [7, 11) is 0. The average Bonchev–Trinajstić information content (AvgIpc) is 1.79. The minimum absolute atomic E-state index is 0.0655. The van der Waals surface area contributed by atoms with Gasteiger partial charge in [-0.1, -0.05) is 27.7 Å². The van der Waals surface area contributed by atoms with Gasteiger partial charge in [-0.2, -0.15) is 0 Å². The molecule has 0 aliphatic carbocycles. The zero-order chi connectivity index (χ0) is 9.78. The number of amides is 1. The Bertz CT molecular complexity index is 146. The standard InChI is InChI=1S/C10H21NO/c1-8(6-10(3,4)5)7-11-9(2)12/h8H,6-7H2,1-5H3,(H,11,12). The summed E-state index contributed by atoms with van der Waals surface area (Å²) in [6, 6.07) is 0. The summed E-state index contributed by atoms with van der Waals surface area (Å²) in [5.41, 5.74) is 0.359. The molecule has 0 aromatic carbocycles. The van der Waals surface area contributed by atoms with Gasteiger partial charge in [0.25, 0.3) is 0 Å². The zero-order valence-corrected chi connectivity index (χ0v) is 8.90. The minimum atomic E-state index is 0.0655. The molecule has 0 aromatic heterocycles. The van der Waals surface area contributed by atoms with Crippen LogP contribution in [0.5, 0.6) is 0 Å². The number of rotatable bonds is 3. The van der Waals surface area contributed by atoms with E-state index in [1.165, 1.54) is 0 Å². The fourth-order valence-electron chi connectivity index (χ4n) is 1.44. The fraction of sp³-hybridized carbons (Fsp3) is 0.900. The van der Waals surface area contributed by atoms with Gasteiger partial charge in [0.05, 0.1) is 0 Å². The van der Waals surface area contributed by atoms with E-state index < -0.39 is 0 Å². The molecule has 0 aliphatic heterocycles.